The number of carbonyl (C=O) groups is 2. The molecule has 1 aromatic rings. The third-order valence-corrected chi connectivity index (χ3v) is 2.03. The number of hydrogen-bond donors (Lipinski definition) is 1. The number of rotatable bonds is 5. The van der Waals surface area contributed by atoms with Crippen LogP contribution in [0, 0.1) is 0 Å². The Hall–Kier alpha value is -2.10. The molecule has 0 aromatic heterocycles. The molecule has 17 heavy (non-hydrogen) atoms. The van der Waals surface area contributed by atoms with Gasteiger partial charge in [0.2, 0.25) is 0 Å². The summed E-state index contributed by atoms with van der Waals surface area (Å²) in [5.74, 6) is -1.25. The molecule has 0 spiro atoms. The molecule has 0 radical (unpaired) electrons. The number of carboxylic acids is 1. The minimum atomic E-state index is -0.861. The monoisotopic (exact) mass is 234 g/mol. The topological polar surface area (TPSA) is 63.6 Å². The second kappa shape index (κ2) is 6.48. The van der Waals surface area contributed by atoms with Crippen LogP contribution in [-0.2, 0) is 20.7 Å². The molecule has 0 aliphatic rings. The molecule has 0 amide bonds. The zero-order valence-electron chi connectivity index (χ0n) is 9.55. The van der Waals surface area contributed by atoms with Crippen LogP contribution in [-0.4, -0.2) is 23.7 Å². The summed E-state index contributed by atoms with van der Waals surface area (Å²) in [6, 6.07) is 6.96. The Bertz CT molecular complexity index is 418. The van der Waals surface area contributed by atoms with E-state index >= 15 is 0 Å². The molecule has 0 saturated carbocycles. The maximum Gasteiger partial charge on any atom is 0.330 e. The van der Waals surface area contributed by atoms with Crippen LogP contribution in [0.2, 0.25) is 0 Å². The average Bonchev–Trinajstić information content (AvgIpc) is 2.28. The van der Waals surface area contributed by atoms with Crippen molar-refractivity contribution in [2.75, 3.05) is 6.61 Å². The Morgan fingerprint density at radius 1 is 1.29 bits per heavy atom. The Kier molecular flexibility index (Phi) is 4.94. The predicted octanol–water partition coefficient (Wildman–Crippen LogP) is 1.89. The van der Waals surface area contributed by atoms with Crippen molar-refractivity contribution in [3.8, 4) is 0 Å². The van der Waals surface area contributed by atoms with Crippen molar-refractivity contribution < 1.29 is 19.4 Å². The van der Waals surface area contributed by atoms with Gasteiger partial charge >= 0.3 is 11.9 Å². The van der Waals surface area contributed by atoms with Crippen molar-refractivity contribution in [2.45, 2.75) is 13.3 Å². The number of hydrogen-bond acceptors (Lipinski definition) is 3. The van der Waals surface area contributed by atoms with Gasteiger partial charge in [-0.15, -0.1) is 0 Å². The zero-order valence-corrected chi connectivity index (χ0v) is 9.55. The summed E-state index contributed by atoms with van der Waals surface area (Å²) in [6.45, 7) is 2.09. The number of ether oxygens (including phenoxy) is 1. The van der Waals surface area contributed by atoms with E-state index in [-0.39, 0.29) is 12.4 Å². The van der Waals surface area contributed by atoms with E-state index in [2.05, 4.69) is 0 Å². The van der Waals surface area contributed by atoms with Crippen LogP contribution in [0.25, 0.3) is 6.08 Å². The molecule has 1 aromatic carbocycles. The smallest absolute Gasteiger partial charge is 0.330 e. The molecule has 0 aliphatic heterocycles. The number of aliphatic carboxylic acids is 1. The van der Waals surface area contributed by atoms with Crippen LogP contribution in [0.15, 0.2) is 30.3 Å². The van der Waals surface area contributed by atoms with E-state index in [0.717, 1.165) is 11.1 Å². The number of carboxylic acid groups (broad SMARTS) is 1. The predicted molar refractivity (Wildman–Crippen MR) is 63.4 cm³/mol. The van der Waals surface area contributed by atoms with E-state index in [1.807, 2.05) is 0 Å². The molecule has 0 saturated heterocycles. The quantitative estimate of drug-likeness (QED) is 0.624. The SMILES string of the molecule is CCOC(=O)/C=C/c1ccc(CC(=O)O)cc1. The highest BCUT2D eigenvalue weighted by Gasteiger charge is 1.99. The summed E-state index contributed by atoms with van der Waals surface area (Å²) in [7, 11) is 0. The first-order valence-electron chi connectivity index (χ1n) is 5.27. The molecule has 0 bridgehead atoms. The van der Waals surface area contributed by atoms with E-state index in [1.165, 1.54) is 6.08 Å². The van der Waals surface area contributed by atoms with Crippen LogP contribution in [0.5, 0.6) is 0 Å². The van der Waals surface area contributed by atoms with E-state index in [4.69, 9.17) is 9.84 Å². The Labute approximate surface area is 99.5 Å². The molecule has 0 heterocycles. The zero-order chi connectivity index (χ0) is 12.7. The number of carbonyl (C=O) groups excluding carboxylic acids is 1. The largest absolute Gasteiger partial charge is 0.481 e. The van der Waals surface area contributed by atoms with Crippen LogP contribution >= 0.6 is 0 Å². The van der Waals surface area contributed by atoms with Crippen LogP contribution in [0.1, 0.15) is 18.1 Å². The van der Waals surface area contributed by atoms with E-state index in [9.17, 15) is 9.59 Å². The molecule has 4 nitrogen and oxygen atoms in total. The van der Waals surface area contributed by atoms with Gasteiger partial charge in [-0.25, -0.2) is 4.79 Å². The minimum absolute atomic E-state index is 0.00186. The third-order valence-electron chi connectivity index (χ3n) is 2.03. The first-order chi connectivity index (χ1) is 8.11. The molecule has 1 rings (SSSR count). The lowest BCUT2D eigenvalue weighted by molar-refractivity contribution is -0.137. The Morgan fingerprint density at radius 2 is 1.94 bits per heavy atom. The highest BCUT2D eigenvalue weighted by molar-refractivity contribution is 5.87. The van der Waals surface area contributed by atoms with Gasteiger partial charge in [0.15, 0.2) is 0 Å². The molecular formula is C13H14O4. The van der Waals surface area contributed by atoms with Gasteiger partial charge in [-0.3, -0.25) is 4.79 Å². The lowest BCUT2D eigenvalue weighted by Gasteiger charge is -1.98. The standard InChI is InChI=1S/C13H14O4/c1-2-17-13(16)8-7-10-3-5-11(6-4-10)9-12(14)15/h3-8H,2,9H2,1H3,(H,14,15)/b8-7+. The summed E-state index contributed by atoms with van der Waals surface area (Å²) >= 11 is 0. The first-order valence-corrected chi connectivity index (χ1v) is 5.27. The van der Waals surface area contributed by atoms with E-state index in [0.29, 0.717) is 6.61 Å². The molecule has 0 atom stereocenters. The molecule has 90 valence electrons. The molecule has 0 aliphatic carbocycles. The van der Waals surface area contributed by atoms with Gasteiger partial charge in [-0.05, 0) is 24.1 Å². The van der Waals surface area contributed by atoms with Gasteiger partial charge in [0, 0.05) is 6.08 Å². The fraction of sp³-hybridized carbons (Fsp3) is 0.231. The van der Waals surface area contributed by atoms with Crippen molar-refractivity contribution in [2.24, 2.45) is 0 Å². The van der Waals surface area contributed by atoms with Gasteiger partial charge in [0.1, 0.15) is 0 Å². The Balaban J connectivity index is 2.62. The van der Waals surface area contributed by atoms with Crippen LogP contribution < -0.4 is 0 Å². The Morgan fingerprint density at radius 3 is 2.47 bits per heavy atom. The van der Waals surface area contributed by atoms with Gasteiger partial charge in [0.05, 0.1) is 13.0 Å². The second-order valence-corrected chi connectivity index (χ2v) is 3.40. The normalized spacial score (nSPS) is 10.4. The lowest BCUT2D eigenvalue weighted by Crippen LogP contribution is -1.99. The van der Waals surface area contributed by atoms with E-state index in [1.54, 1.807) is 37.3 Å². The third kappa shape index (κ3) is 4.97. The molecular weight excluding hydrogens is 220 g/mol. The highest BCUT2D eigenvalue weighted by Crippen LogP contribution is 2.07. The van der Waals surface area contributed by atoms with Crippen LogP contribution in [0.3, 0.4) is 0 Å². The fourth-order valence-corrected chi connectivity index (χ4v) is 1.28. The summed E-state index contributed by atoms with van der Waals surface area (Å²) in [5, 5.41) is 8.60. The molecule has 0 fully saturated rings. The van der Waals surface area contributed by atoms with Crippen molar-refractivity contribution in [3.05, 3.63) is 41.5 Å². The van der Waals surface area contributed by atoms with Crippen LogP contribution in [0.4, 0.5) is 0 Å². The maximum atomic E-state index is 11.0. The van der Waals surface area contributed by atoms with Crippen molar-refractivity contribution in [3.63, 3.8) is 0 Å². The fourth-order valence-electron chi connectivity index (χ4n) is 1.28. The number of benzene rings is 1. The second-order valence-electron chi connectivity index (χ2n) is 3.40. The summed E-state index contributed by atoms with van der Waals surface area (Å²) in [5.41, 5.74) is 1.55. The van der Waals surface area contributed by atoms with Gasteiger partial charge in [-0.2, -0.15) is 0 Å². The van der Waals surface area contributed by atoms with Gasteiger partial charge in [0.25, 0.3) is 0 Å². The van der Waals surface area contributed by atoms with Crippen molar-refractivity contribution >= 4 is 18.0 Å². The molecule has 0 unspecified atom stereocenters. The molecule has 4 heteroatoms. The maximum absolute atomic E-state index is 11.0. The minimum Gasteiger partial charge on any atom is -0.481 e. The summed E-state index contributed by atoms with van der Waals surface area (Å²) in [6.07, 6.45) is 2.97. The number of esters is 1. The van der Waals surface area contributed by atoms with Crippen molar-refractivity contribution in [1.82, 2.24) is 0 Å². The highest BCUT2D eigenvalue weighted by atomic mass is 16.5. The first kappa shape index (κ1) is 13.0. The summed E-state index contributed by atoms with van der Waals surface area (Å²) in [4.78, 5) is 21.5. The summed E-state index contributed by atoms with van der Waals surface area (Å²) < 4.78 is 4.74. The lowest BCUT2D eigenvalue weighted by atomic mass is 10.1. The van der Waals surface area contributed by atoms with Gasteiger partial charge < -0.3 is 9.84 Å². The molecule has 1 N–H and O–H groups in total. The van der Waals surface area contributed by atoms with E-state index < -0.39 is 5.97 Å². The van der Waals surface area contributed by atoms with Gasteiger partial charge in [-0.1, -0.05) is 24.3 Å². The van der Waals surface area contributed by atoms with Crippen molar-refractivity contribution in [1.29, 1.82) is 0 Å². The average molecular weight is 234 g/mol.